The lowest BCUT2D eigenvalue weighted by molar-refractivity contribution is 0.0985. The number of morpholine rings is 1. The highest BCUT2D eigenvalue weighted by Crippen LogP contribution is 2.54. The number of carbonyl (C=O) groups is 1. The topological polar surface area (TPSA) is 126 Å². The maximum absolute atomic E-state index is 13.3. The molecule has 1 saturated carbocycles. The summed E-state index contributed by atoms with van der Waals surface area (Å²) in [6, 6.07) is 14.0. The number of sulfone groups is 1. The Kier molecular flexibility index (Phi) is 7.06. The Bertz CT molecular complexity index is 1410. The van der Waals surface area contributed by atoms with Crippen LogP contribution in [0.4, 0.5) is 22.1 Å². The molecule has 0 bridgehead atoms. The lowest BCUT2D eigenvalue weighted by atomic mass is 10.1. The van der Waals surface area contributed by atoms with Crippen LogP contribution in [0, 0.1) is 0 Å². The number of rotatable bonds is 7. The van der Waals surface area contributed by atoms with E-state index in [0.717, 1.165) is 5.56 Å². The van der Waals surface area contributed by atoms with Crippen LogP contribution in [0.25, 0.3) is 11.4 Å². The average Bonchev–Trinajstić information content (AvgIpc) is 3.72. The lowest BCUT2D eigenvalue weighted by Gasteiger charge is -2.35. The first-order valence-electron chi connectivity index (χ1n) is 12.8. The molecule has 1 saturated heterocycles. The van der Waals surface area contributed by atoms with Crippen LogP contribution in [-0.2, 0) is 19.3 Å². The zero-order valence-electron chi connectivity index (χ0n) is 21.7. The van der Waals surface area contributed by atoms with Gasteiger partial charge in [0, 0.05) is 30.1 Å². The molecule has 0 unspecified atom stereocenters. The van der Waals surface area contributed by atoms with Crippen molar-refractivity contribution in [3.05, 3.63) is 60.4 Å². The van der Waals surface area contributed by atoms with Gasteiger partial charge in [-0.15, -0.1) is 0 Å². The predicted molar refractivity (Wildman–Crippen MR) is 147 cm³/mol. The highest BCUT2D eigenvalue weighted by Gasteiger charge is 2.58. The number of carbonyl (C=O) groups excluding carboxylic acids is 1. The molecule has 3 aromatic rings. The largest absolute Gasteiger partial charge is 0.377 e. The van der Waals surface area contributed by atoms with Gasteiger partial charge in [0.15, 0.2) is 15.7 Å². The number of aromatic nitrogens is 3. The van der Waals surface area contributed by atoms with E-state index >= 15 is 0 Å². The summed E-state index contributed by atoms with van der Waals surface area (Å²) in [5, 5.41) is 4.96. The summed E-state index contributed by atoms with van der Waals surface area (Å²) in [6.45, 7) is 7.32. The fourth-order valence-corrected chi connectivity index (χ4v) is 6.65. The van der Waals surface area contributed by atoms with Crippen molar-refractivity contribution < 1.29 is 17.9 Å². The maximum atomic E-state index is 13.3. The van der Waals surface area contributed by atoms with Gasteiger partial charge in [0.05, 0.1) is 30.2 Å². The summed E-state index contributed by atoms with van der Waals surface area (Å²) in [7, 11) is -3.42. The molecule has 1 aliphatic carbocycles. The highest BCUT2D eigenvalue weighted by molar-refractivity contribution is 7.93. The van der Waals surface area contributed by atoms with E-state index in [9.17, 15) is 13.2 Å². The number of pyridine rings is 1. The number of urea groups is 1. The third-order valence-electron chi connectivity index (χ3n) is 7.02. The van der Waals surface area contributed by atoms with Gasteiger partial charge in [-0.05, 0) is 70.0 Å². The van der Waals surface area contributed by atoms with Gasteiger partial charge in [0.2, 0.25) is 0 Å². The third-order valence-corrected chi connectivity index (χ3v) is 9.97. The summed E-state index contributed by atoms with van der Waals surface area (Å²) in [5.74, 6) is 1.59. The highest BCUT2D eigenvalue weighted by atomic mass is 32.2. The van der Waals surface area contributed by atoms with Crippen LogP contribution in [0.5, 0.6) is 0 Å². The Labute approximate surface area is 222 Å². The molecular weight excluding hydrogens is 504 g/mol. The Morgan fingerprint density at radius 2 is 1.87 bits per heavy atom. The van der Waals surface area contributed by atoms with Gasteiger partial charge in [0.25, 0.3) is 0 Å². The summed E-state index contributed by atoms with van der Waals surface area (Å²) >= 11 is 0. The first-order valence-corrected chi connectivity index (χ1v) is 14.3. The minimum absolute atomic E-state index is 0.0976. The van der Waals surface area contributed by atoms with E-state index in [1.54, 1.807) is 50.4 Å². The summed E-state index contributed by atoms with van der Waals surface area (Å²) in [5.41, 5.74) is 1.85. The standard InChI is InChI=1S/C27H32N6O4S/c1-18(2)38(35,36)27(11-12-27)22-16-24(33-14-15-37-17-19(33)3)32-25(30-22)20-7-9-21(10-8-20)29-26(34)31-23-6-4-5-13-28-23/h4-10,13,16,18-19H,11-12,14-15,17H2,1-3H3,(H2,28,29,31,34)/t19-/m0/s1. The molecule has 2 aliphatic rings. The summed E-state index contributed by atoms with van der Waals surface area (Å²) in [6.07, 6.45) is 2.70. The van der Waals surface area contributed by atoms with Crippen molar-refractivity contribution in [1.29, 1.82) is 0 Å². The molecule has 200 valence electrons. The number of hydrogen-bond acceptors (Lipinski definition) is 8. The molecule has 2 aromatic heterocycles. The third kappa shape index (κ3) is 5.08. The number of nitrogens with one attached hydrogen (secondary N) is 2. The van der Waals surface area contributed by atoms with Gasteiger partial charge in [0.1, 0.15) is 16.4 Å². The minimum atomic E-state index is -3.42. The summed E-state index contributed by atoms with van der Waals surface area (Å²) < 4.78 is 31.3. The molecule has 3 heterocycles. The SMILES string of the molecule is CC(C)S(=O)(=O)C1(c2cc(N3CCOC[C@@H]3C)nc(-c3ccc(NC(=O)Nc4ccccn4)cc3)n2)CC1. The monoisotopic (exact) mass is 536 g/mol. The predicted octanol–water partition coefficient (Wildman–Crippen LogP) is 4.22. The Balaban J connectivity index is 1.45. The van der Waals surface area contributed by atoms with E-state index in [1.807, 2.05) is 18.2 Å². The maximum Gasteiger partial charge on any atom is 0.324 e. The molecule has 10 nitrogen and oxygen atoms in total. The molecule has 1 atom stereocenters. The number of ether oxygens (including phenoxy) is 1. The Morgan fingerprint density at radius 1 is 1.11 bits per heavy atom. The molecule has 0 spiro atoms. The van der Waals surface area contributed by atoms with Crippen molar-refractivity contribution >= 4 is 33.2 Å². The van der Waals surface area contributed by atoms with Gasteiger partial charge < -0.3 is 15.0 Å². The van der Waals surface area contributed by atoms with Crippen LogP contribution < -0.4 is 15.5 Å². The van der Waals surface area contributed by atoms with Crippen LogP contribution in [-0.4, -0.2) is 60.5 Å². The minimum Gasteiger partial charge on any atom is -0.377 e. The second kappa shape index (κ2) is 10.3. The van der Waals surface area contributed by atoms with Crippen LogP contribution >= 0.6 is 0 Å². The first kappa shape index (κ1) is 26.1. The summed E-state index contributed by atoms with van der Waals surface area (Å²) in [4.78, 5) is 28.2. The van der Waals surface area contributed by atoms with Crippen molar-refractivity contribution in [2.75, 3.05) is 35.3 Å². The molecule has 11 heteroatoms. The molecule has 1 aromatic carbocycles. The Morgan fingerprint density at radius 3 is 2.50 bits per heavy atom. The van der Waals surface area contributed by atoms with Crippen LogP contribution in [0.3, 0.4) is 0 Å². The van der Waals surface area contributed by atoms with Crippen LogP contribution in [0.2, 0.25) is 0 Å². The average molecular weight is 537 g/mol. The number of hydrogen-bond donors (Lipinski definition) is 2. The molecule has 2 fully saturated rings. The van der Waals surface area contributed by atoms with E-state index in [2.05, 4.69) is 27.4 Å². The fraction of sp³-hybridized carbons (Fsp3) is 0.407. The second-order valence-electron chi connectivity index (χ2n) is 10.0. The Hall–Kier alpha value is -3.57. The molecule has 38 heavy (non-hydrogen) atoms. The lowest BCUT2D eigenvalue weighted by Crippen LogP contribution is -2.44. The van der Waals surface area contributed by atoms with Gasteiger partial charge in [-0.2, -0.15) is 0 Å². The molecule has 5 rings (SSSR count). The van der Waals surface area contributed by atoms with Crippen LogP contribution in [0.15, 0.2) is 54.7 Å². The number of benzene rings is 1. The molecule has 0 radical (unpaired) electrons. The van der Waals surface area contributed by atoms with E-state index < -0.39 is 25.9 Å². The van der Waals surface area contributed by atoms with Crippen molar-refractivity contribution in [1.82, 2.24) is 15.0 Å². The zero-order chi connectivity index (χ0) is 26.9. The molecule has 2 amide bonds. The number of nitrogens with zero attached hydrogens (tertiary/aromatic N) is 4. The number of anilines is 3. The quantitative estimate of drug-likeness (QED) is 0.460. The fourth-order valence-electron chi connectivity index (χ4n) is 4.68. The van der Waals surface area contributed by atoms with Crippen molar-refractivity contribution in [3.8, 4) is 11.4 Å². The van der Waals surface area contributed by atoms with Crippen molar-refractivity contribution in [2.24, 2.45) is 0 Å². The molecule has 1 aliphatic heterocycles. The van der Waals surface area contributed by atoms with E-state index in [1.165, 1.54) is 0 Å². The second-order valence-corrected chi connectivity index (χ2v) is 12.8. The van der Waals surface area contributed by atoms with Crippen LogP contribution in [0.1, 0.15) is 39.3 Å². The van der Waals surface area contributed by atoms with E-state index in [4.69, 9.17) is 14.7 Å². The smallest absolute Gasteiger partial charge is 0.324 e. The van der Waals surface area contributed by atoms with Crippen molar-refractivity contribution in [3.63, 3.8) is 0 Å². The molecular formula is C27H32N6O4S. The van der Waals surface area contributed by atoms with Gasteiger partial charge >= 0.3 is 6.03 Å². The van der Waals surface area contributed by atoms with Gasteiger partial charge in [-0.1, -0.05) is 6.07 Å². The normalized spacial score (nSPS) is 18.7. The first-order chi connectivity index (χ1) is 18.2. The van der Waals surface area contributed by atoms with Gasteiger partial charge in [-0.3, -0.25) is 5.32 Å². The van der Waals surface area contributed by atoms with E-state index in [0.29, 0.717) is 61.4 Å². The van der Waals surface area contributed by atoms with E-state index in [-0.39, 0.29) is 6.04 Å². The van der Waals surface area contributed by atoms with Crippen molar-refractivity contribution in [2.45, 2.75) is 49.7 Å². The molecule has 2 N–H and O–H groups in total. The van der Waals surface area contributed by atoms with Gasteiger partial charge in [-0.25, -0.2) is 28.2 Å². The zero-order valence-corrected chi connectivity index (χ0v) is 22.5. The number of amides is 2.